The Labute approximate surface area is 146 Å². The predicted molar refractivity (Wildman–Crippen MR) is 87.7 cm³/mol. The Balaban J connectivity index is 1.76. The maximum atomic E-state index is 12.2. The van der Waals surface area contributed by atoms with E-state index in [1.54, 1.807) is 16.6 Å². The lowest BCUT2D eigenvalue weighted by Crippen LogP contribution is -2.17. The first-order chi connectivity index (χ1) is 11.7. The summed E-state index contributed by atoms with van der Waals surface area (Å²) in [6, 6.07) is 7.71. The topological polar surface area (TPSA) is 52.3 Å². The van der Waals surface area contributed by atoms with Gasteiger partial charge in [-0.25, -0.2) is 9.50 Å². The lowest BCUT2D eigenvalue weighted by molar-refractivity contribution is -0.274. The molecule has 0 aliphatic rings. The fraction of sp³-hybridized carbons (Fsp3) is 0.312. The number of aromatic nitrogens is 4. The fourth-order valence-corrected chi connectivity index (χ4v) is 3.24. The molecule has 3 rings (SSSR count). The van der Waals surface area contributed by atoms with Gasteiger partial charge in [0.05, 0.1) is 0 Å². The minimum atomic E-state index is -4.69. The summed E-state index contributed by atoms with van der Waals surface area (Å²) in [5, 5.41) is 4.93. The second-order valence-corrected chi connectivity index (χ2v) is 6.83. The molecule has 1 unspecified atom stereocenters. The van der Waals surface area contributed by atoms with Gasteiger partial charge in [0.15, 0.2) is 0 Å². The number of nitrogens with zero attached hydrogens (tertiary/aromatic N) is 4. The number of ether oxygens (including phenoxy) is 1. The standard InChI is InChI=1S/C16H15F3N4OS/c1-9-8-10(2)23-14(20-9)21-15(22-23)25-11(3)12-4-6-13(7-5-12)24-16(17,18)19/h4-8,11H,1-3H3. The Kier molecular flexibility index (Phi) is 4.59. The molecule has 2 aromatic heterocycles. The second kappa shape index (κ2) is 6.55. The van der Waals surface area contributed by atoms with Gasteiger partial charge in [0.2, 0.25) is 5.16 Å². The normalized spacial score (nSPS) is 13.2. The second-order valence-electron chi connectivity index (χ2n) is 5.52. The molecule has 0 amide bonds. The predicted octanol–water partition coefficient (Wildman–Crippen LogP) is 4.49. The highest BCUT2D eigenvalue weighted by Crippen LogP contribution is 2.34. The van der Waals surface area contributed by atoms with Crippen LogP contribution in [0.2, 0.25) is 0 Å². The number of thioether (sulfide) groups is 1. The SMILES string of the molecule is Cc1cc(C)n2nc(SC(C)c3ccc(OC(F)(F)F)cc3)nc2n1. The first kappa shape index (κ1) is 17.5. The van der Waals surface area contributed by atoms with Gasteiger partial charge < -0.3 is 4.74 Å². The third-order valence-electron chi connectivity index (χ3n) is 3.46. The molecule has 1 atom stereocenters. The largest absolute Gasteiger partial charge is 0.573 e. The van der Waals surface area contributed by atoms with E-state index in [-0.39, 0.29) is 11.0 Å². The molecule has 0 N–H and O–H groups in total. The summed E-state index contributed by atoms with van der Waals surface area (Å²) < 4.78 is 42.1. The van der Waals surface area contributed by atoms with E-state index < -0.39 is 6.36 Å². The van der Waals surface area contributed by atoms with Crippen molar-refractivity contribution in [1.29, 1.82) is 0 Å². The molecule has 1 aromatic carbocycles. The maximum Gasteiger partial charge on any atom is 0.573 e. The van der Waals surface area contributed by atoms with E-state index in [4.69, 9.17) is 0 Å². The third-order valence-corrected chi connectivity index (χ3v) is 4.47. The summed E-state index contributed by atoms with van der Waals surface area (Å²) in [7, 11) is 0. The van der Waals surface area contributed by atoms with Crippen molar-refractivity contribution < 1.29 is 17.9 Å². The Morgan fingerprint density at radius 1 is 1.12 bits per heavy atom. The van der Waals surface area contributed by atoms with Gasteiger partial charge in [0.1, 0.15) is 5.75 Å². The van der Waals surface area contributed by atoms with Crippen LogP contribution < -0.4 is 4.74 Å². The van der Waals surface area contributed by atoms with Crippen molar-refractivity contribution in [2.75, 3.05) is 0 Å². The van der Waals surface area contributed by atoms with E-state index in [0.717, 1.165) is 17.0 Å². The highest BCUT2D eigenvalue weighted by molar-refractivity contribution is 7.99. The Hall–Kier alpha value is -2.29. The summed E-state index contributed by atoms with van der Waals surface area (Å²) >= 11 is 1.41. The van der Waals surface area contributed by atoms with Gasteiger partial charge in [-0.05, 0) is 44.5 Å². The minimum absolute atomic E-state index is 0.0428. The van der Waals surface area contributed by atoms with E-state index >= 15 is 0 Å². The van der Waals surface area contributed by atoms with Crippen LogP contribution >= 0.6 is 11.8 Å². The molecule has 0 fully saturated rings. The van der Waals surface area contributed by atoms with Gasteiger partial charge >= 0.3 is 6.36 Å². The van der Waals surface area contributed by atoms with Crippen LogP contribution in [0, 0.1) is 13.8 Å². The zero-order valence-corrected chi connectivity index (χ0v) is 14.5. The van der Waals surface area contributed by atoms with Crippen LogP contribution in [-0.4, -0.2) is 25.9 Å². The molecule has 3 aromatic rings. The number of rotatable bonds is 4. The monoisotopic (exact) mass is 368 g/mol. The molecule has 0 aliphatic heterocycles. The van der Waals surface area contributed by atoms with Gasteiger partial charge in [0, 0.05) is 16.6 Å². The van der Waals surface area contributed by atoms with Crippen LogP contribution in [0.1, 0.15) is 29.1 Å². The molecular formula is C16H15F3N4OS. The van der Waals surface area contributed by atoms with Crippen molar-refractivity contribution >= 4 is 17.5 Å². The number of aryl methyl sites for hydroxylation is 2. The number of hydrogen-bond acceptors (Lipinski definition) is 5. The van der Waals surface area contributed by atoms with Crippen molar-refractivity contribution in [3.05, 3.63) is 47.3 Å². The minimum Gasteiger partial charge on any atom is -0.406 e. The lowest BCUT2D eigenvalue weighted by atomic mass is 10.2. The summed E-state index contributed by atoms with van der Waals surface area (Å²) in [6.45, 7) is 5.75. The van der Waals surface area contributed by atoms with Gasteiger partial charge in [-0.1, -0.05) is 23.9 Å². The molecule has 25 heavy (non-hydrogen) atoms. The van der Waals surface area contributed by atoms with E-state index in [2.05, 4.69) is 19.8 Å². The molecule has 132 valence electrons. The Morgan fingerprint density at radius 3 is 2.44 bits per heavy atom. The Bertz CT molecular complexity index is 893. The molecule has 0 spiro atoms. The van der Waals surface area contributed by atoms with E-state index in [1.165, 1.54) is 23.9 Å². The molecule has 0 aliphatic carbocycles. The molecule has 2 heterocycles. The zero-order chi connectivity index (χ0) is 18.2. The van der Waals surface area contributed by atoms with Gasteiger partial charge in [-0.3, -0.25) is 0 Å². The number of halogens is 3. The summed E-state index contributed by atoms with van der Waals surface area (Å²) in [4.78, 5) is 8.73. The first-order valence-electron chi connectivity index (χ1n) is 7.45. The molecule has 0 bridgehead atoms. The molecule has 0 saturated heterocycles. The number of alkyl halides is 3. The molecular weight excluding hydrogens is 353 g/mol. The van der Waals surface area contributed by atoms with Crippen molar-refractivity contribution in [1.82, 2.24) is 19.6 Å². The van der Waals surface area contributed by atoms with Crippen molar-refractivity contribution in [2.24, 2.45) is 0 Å². The van der Waals surface area contributed by atoms with Gasteiger partial charge in [0.25, 0.3) is 5.78 Å². The fourth-order valence-electron chi connectivity index (χ4n) is 2.36. The lowest BCUT2D eigenvalue weighted by Gasteiger charge is -2.12. The van der Waals surface area contributed by atoms with Gasteiger partial charge in [-0.2, -0.15) is 4.98 Å². The Morgan fingerprint density at radius 2 is 1.80 bits per heavy atom. The van der Waals surface area contributed by atoms with E-state index in [9.17, 15) is 13.2 Å². The highest BCUT2D eigenvalue weighted by atomic mass is 32.2. The average Bonchev–Trinajstić information content (AvgIpc) is 2.89. The van der Waals surface area contributed by atoms with Crippen LogP contribution in [-0.2, 0) is 0 Å². The van der Waals surface area contributed by atoms with Crippen LogP contribution in [0.4, 0.5) is 13.2 Å². The van der Waals surface area contributed by atoms with Gasteiger partial charge in [-0.15, -0.1) is 18.3 Å². The average molecular weight is 368 g/mol. The van der Waals surface area contributed by atoms with Crippen LogP contribution in [0.25, 0.3) is 5.78 Å². The summed E-state index contributed by atoms with van der Waals surface area (Å²) in [5.41, 5.74) is 2.64. The summed E-state index contributed by atoms with van der Waals surface area (Å²) in [5.74, 6) is 0.288. The van der Waals surface area contributed by atoms with E-state index in [0.29, 0.717) is 10.9 Å². The smallest absolute Gasteiger partial charge is 0.406 e. The maximum absolute atomic E-state index is 12.2. The summed E-state index contributed by atoms with van der Waals surface area (Å²) in [6.07, 6.45) is -4.69. The first-order valence-corrected chi connectivity index (χ1v) is 8.32. The highest BCUT2D eigenvalue weighted by Gasteiger charge is 2.31. The van der Waals surface area contributed by atoms with Crippen molar-refractivity contribution in [3.8, 4) is 5.75 Å². The molecule has 5 nitrogen and oxygen atoms in total. The quantitative estimate of drug-likeness (QED) is 0.635. The number of benzene rings is 1. The number of fused-ring (bicyclic) bond motifs is 1. The van der Waals surface area contributed by atoms with Crippen molar-refractivity contribution in [3.63, 3.8) is 0 Å². The van der Waals surface area contributed by atoms with Crippen LogP contribution in [0.3, 0.4) is 0 Å². The van der Waals surface area contributed by atoms with Crippen LogP contribution in [0.5, 0.6) is 5.75 Å². The molecule has 0 radical (unpaired) electrons. The van der Waals surface area contributed by atoms with Crippen LogP contribution in [0.15, 0.2) is 35.5 Å². The zero-order valence-electron chi connectivity index (χ0n) is 13.7. The molecule has 0 saturated carbocycles. The van der Waals surface area contributed by atoms with Crippen molar-refractivity contribution in [2.45, 2.75) is 37.5 Å². The van der Waals surface area contributed by atoms with E-state index in [1.807, 2.05) is 26.8 Å². The molecule has 9 heteroatoms. The number of hydrogen-bond donors (Lipinski definition) is 0. The third kappa shape index (κ3) is 4.22.